The minimum atomic E-state index is -5.08. The number of aliphatic carboxylic acids is 1. The van der Waals surface area contributed by atoms with E-state index in [2.05, 4.69) is 15.6 Å². The number of benzene rings is 1. The highest BCUT2D eigenvalue weighted by Gasteiger charge is 2.38. The molecule has 4 heterocycles. The van der Waals surface area contributed by atoms with E-state index in [-0.39, 0.29) is 5.82 Å². The summed E-state index contributed by atoms with van der Waals surface area (Å²) >= 11 is 0. The van der Waals surface area contributed by atoms with Gasteiger partial charge in [0.05, 0.1) is 11.9 Å². The molecule has 0 spiro atoms. The van der Waals surface area contributed by atoms with Gasteiger partial charge in [-0.05, 0) is 36.6 Å². The molecule has 11 nitrogen and oxygen atoms in total. The molecule has 1 aliphatic rings. The molecule has 1 saturated heterocycles. The maximum atomic E-state index is 10.6. The Labute approximate surface area is 208 Å². The molecule has 1 fully saturated rings. The molecule has 1 atom stereocenters. The molecule has 14 heteroatoms. The van der Waals surface area contributed by atoms with Crippen LogP contribution in [0.2, 0.25) is 0 Å². The summed E-state index contributed by atoms with van der Waals surface area (Å²) in [6.45, 7) is 4.30. The summed E-state index contributed by atoms with van der Waals surface area (Å²) in [5.74, 6) is -1.28. The van der Waals surface area contributed by atoms with Crippen molar-refractivity contribution in [1.29, 1.82) is 0 Å². The van der Waals surface area contributed by atoms with Crippen LogP contribution in [0.3, 0.4) is 0 Å². The van der Waals surface area contributed by atoms with Crippen LogP contribution in [-0.4, -0.2) is 61.3 Å². The fraction of sp³-hybridized carbons (Fsp3) is 0.348. The highest BCUT2D eigenvalue weighted by molar-refractivity contribution is 5.95. The molecule has 0 saturated carbocycles. The Morgan fingerprint density at radius 1 is 1.27 bits per heavy atom. The molecule has 1 aliphatic heterocycles. The largest absolute Gasteiger partial charge is 0.490 e. The number of aryl methyl sites for hydroxylation is 1. The van der Waals surface area contributed by atoms with Crippen LogP contribution in [0.1, 0.15) is 19.8 Å². The van der Waals surface area contributed by atoms with E-state index in [0.717, 1.165) is 35.3 Å². The van der Waals surface area contributed by atoms with Crippen LogP contribution in [-0.2, 0) is 11.3 Å². The SMILES string of the molecule is CCn1c(-c2nonc2N)nc2c(-c3ccccc3)ncc(OC[C@@H]3CCCN3)c21.O=C(O)C(F)(F)F. The standard InChI is InChI=1S/C21H23N7O2.C2HF3O2/c1-2-28-19-15(29-12-14-9-6-10-23-14)11-24-16(13-7-4-3-5-8-13)17(19)25-21(28)18-20(22)27-30-26-18;3-2(4,5)1(6)7/h3-5,7-8,11,14,23H,2,6,9-10,12H2,1H3,(H2,22,27);(H,6,7)/t14-;/m0./s1. The third-order valence-electron chi connectivity index (χ3n) is 5.67. The van der Waals surface area contributed by atoms with Crippen LogP contribution in [0.4, 0.5) is 19.0 Å². The number of nitrogen functional groups attached to an aromatic ring is 1. The van der Waals surface area contributed by atoms with Gasteiger partial charge in [-0.3, -0.25) is 0 Å². The first-order valence-electron chi connectivity index (χ1n) is 11.4. The average Bonchev–Trinajstić information content (AvgIpc) is 3.62. The summed E-state index contributed by atoms with van der Waals surface area (Å²) in [4.78, 5) is 18.5. The second-order valence-corrected chi connectivity index (χ2v) is 8.12. The molecule has 0 unspecified atom stereocenters. The van der Waals surface area contributed by atoms with Gasteiger partial charge in [-0.1, -0.05) is 30.3 Å². The van der Waals surface area contributed by atoms with E-state index in [1.807, 2.05) is 41.8 Å². The fourth-order valence-corrected chi connectivity index (χ4v) is 3.95. The second kappa shape index (κ2) is 10.8. The molecule has 4 N–H and O–H groups in total. The Hall–Kier alpha value is -4.20. The molecular weight excluding hydrogens is 495 g/mol. The highest BCUT2D eigenvalue weighted by atomic mass is 19.4. The molecule has 5 rings (SSSR count). The number of anilines is 1. The lowest BCUT2D eigenvalue weighted by Gasteiger charge is -2.15. The number of carboxylic acid groups (broad SMARTS) is 1. The zero-order valence-electron chi connectivity index (χ0n) is 19.7. The molecular formula is C23H24F3N7O4. The Morgan fingerprint density at radius 3 is 2.57 bits per heavy atom. The van der Waals surface area contributed by atoms with Crippen molar-refractivity contribution in [3.63, 3.8) is 0 Å². The number of nitrogens with zero attached hydrogens (tertiary/aromatic N) is 5. The summed E-state index contributed by atoms with van der Waals surface area (Å²) < 4.78 is 44.8. The number of nitrogens with one attached hydrogen (secondary N) is 1. The number of halogens is 3. The summed E-state index contributed by atoms with van der Waals surface area (Å²) in [5, 5.41) is 18.3. The molecule has 4 aromatic rings. The van der Waals surface area contributed by atoms with E-state index in [1.165, 1.54) is 6.42 Å². The third-order valence-corrected chi connectivity index (χ3v) is 5.67. The van der Waals surface area contributed by atoms with Gasteiger partial charge in [0, 0.05) is 18.2 Å². The number of carbonyl (C=O) groups is 1. The van der Waals surface area contributed by atoms with Crippen molar-refractivity contribution in [2.75, 3.05) is 18.9 Å². The van der Waals surface area contributed by atoms with Crippen molar-refractivity contribution in [1.82, 2.24) is 30.2 Å². The number of fused-ring (bicyclic) bond motifs is 1. The van der Waals surface area contributed by atoms with Crippen LogP contribution in [0.15, 0.2) is 41.2 Å². The zero-order chi connectivity index (χ0) is 26.6. The van der Waals surface area contributed by atoms with Crippen LogP contribution < -0.4 is 15.8 Å². The molecule has 1 aromatic carbocycles. The van der Waals surface area contributed by atoms with Crippen LogP contribution in [0.5, 0.6) is 5.75 Å². The maximum absolute atomic E-state index is 10.6. The fourth-order valence-electron chi connectivity index (χ4n) is 3.95. The van der Waals surface area contributed by atoms with E-state index in [1.54, 1.807) is 6.20 Å². The Bertz CT molecular complexity index is 1370. The first-order valence-corrected chi connectivity index (χ1v) is 11.4. The van der Waals surface area contributed by atoms with Crippen LogP contribution in [0.25, 0.3) is 33.8 Å². The number of alkyl halides is 3. The number of aromatic nitrogens is 5. The lowest BCUT2D eigenvalue weighted by atomic mass is 10.1. The van der Waals surface area contributed by atoms with Gasteiger partial charge >= 0.3 is 12.1 Å². The van der Waals surface area contributed by atoms with E-state index < -0.39 is 12.1 Å². The minimum absolute atomic E-state index is 0.201. The summed E-state index contributed by atoms with van der Waals surface area (Å²) in [6, 6.07) is 10.3. The molecule has 0 aliphatic carbocycles. The predicted octanol–water partition coefficient (Wildman–Crippen LogP) is 3.51. The van der Waals surface area contributed by atoms with Gasteiger partial charge in [0.2, 0.25) is 0 Å². The number of nitrogens with two attached hydrogens (primary N) is 1. The number of pyridine rings is 1. The number of imidazole rings is 1. The third kappa shape index (κ3) is 5.63. The number of hydrogen-bond acceptors (Lipinski definition) is 9. The average molecular weight is 519 g/mol. The topological polar surface area (TPSA) is 154 Å². The zero-order valence-corrected chi connectivity index (χ0v) is 19.7. The Kier molecular flexibility index (Phi) is 7.57. The van der Waals surface area contributed by atoms with Gasteiger partial charge in [0.25, 0.3) is 0 Å². The number of rotatable bonds is 6. The van der Waals surface area contributed by atoms with Gasteiger partial charge in [-0.2, -0.15) is 13.2 Å². The quantitative estimate of drug-likeness (QED) is 0.345. The smallest absolute Gasteiger partial charge is 0.488 e. The van der Waals surface area contributed by atoms with Gasteiger partial charge in [-0.25, -0.2) is 19.4 Å². The molecule has 0 amide bonds. The Morgan fingerprint density at radius 2 is 2.00 bits per heavy atom. The molecule has 3 aromatic heterocycles. The van der Waals surface area contributed by atoms with Crippen LogP contribution in [0, 0.1) is 0 Å². The summed E-state index contributed by atoms with van der Waals surface area (Å²) in [6.07, 6.45) is -1.02. The monoisotopic (exact) mass is 519 g/mol. The minimum Gasteiger partial charge on any atom is -0.488 e. The van der Waals surface area contributed by atoms with Crippen molar-refractivity contribution < 1.29 is 32.4 Å². The highest BCUT2D eigenvalue weighted by Crippen LogP contribution is 2.36. The van der Waals surface area contributed by atoms with Crippen molar-refractivity contribution in [2.45, 2.75) is 38.5 Å². The lowest BCUT2D eigenvalue weighted by molar-refractivity contribution is -0.192. The summed E-state index contributed by atoms with van der Waals surface area (Å²) in [5.41, 5.74) is 9.73. The van der Waals surface area contributed by atoms with E-state index >= 15 is 0 Å². The first-order chi connectivity index (χ1) is 17.7. The van der Waals surface area contributed by atoms with Crippen molar-refractivity contribution in [2.24, 2.45) is 0 Å². The molecule has 37 heavy (non-hydrogen) atoms. The van der Waals surface area contributed by atoms with Crippen molar-refractivity contribution >= 4 is 22.8 Å². The van der Waals surface area contributed by atoms with Crippen molar-refractivity contribution in [3.8, 4) is 28.5 Å². The number of ether oxygens (including phenoxy) is 1. The molecule has 0 radical (unpaired) electrons. The van der Waals surface area contributed by atoms with Gasteiger partial charge in [0.1, 0.15) is 17.6 Å². The number of hydrogen-bond donors (Lipinski definition) is 3. The lowest BCUT2D eigenvalue weighted by Crippen LogP contribution is -2.28. The van der Waals surface area contributed by atoms with E-state index in [4.69, 9.17) is 35.0 Å². The van der Waals surface area contributed by atoms with E-state index in [0.29, 0.717) is 36.5 Å². The molecule has 0 bridgehead atoms. The van der Waals surface area contributed by atoms with Crippen molar-refractivity contribution in [3.05, 3.63) is 36.5 Å². The van der Waals surface area contributed by atoms with Gasteiger partial charge < -0.3 is 25.5 Å². The normalized spacial score (nSPS) is 15.4. The number of carboxylic acids is 1. The predicted molar refractivity (Wildman–Crippen MR) is 127 cm³/mol. The van der Waals surface area contributed by atoms with E-state index in [9.17, 15) is 13.2 Å². The second-order valence-electron chi connectivity index (χ2n) is 8.12. The summed E-state index contributed by atoms with van der Waals surface area (Å²) in [7, 11) is 0. The van der Waals surface area contributed by atoms with Crippen LogP contribution >= 0.6 is 0 Å². The van der Waals surface area contributed by atoms with Gasteiger partial charge in [0.15, 0.2) is 23.1 Å². The first kappa shape index (κ1) is 25.9. The molecule has 196 valence electrons. The maximum Gasteiger partial charge on any atom is 0.490 e. The van der Waals surface area contributed by atoms with Gasteiger partial charge in [-0.15, -0.1) is 0 Å². The Balaban J connectivity index is 0.000000405.